The van der Waals surface area contributed by atoms with E-state index in [1.807, 2.05) is 20.8 Å². The summed E-state index contributed by atoms with van der Waals surface area (Å²) < 4.78 is 0. The van der Waals surface area contributed by atoms with Gasteiger partial charge in [0.2, 0.25) is 0 Å². The largest absolute Gasteiger partial charge is 0.338 e. The molecule has 2 amide bonds. The van der Waals surface area contributed by atoms with Gasteiger partial charge in [-0.2, -0.15) is 0 Å². The van der Waals surface area contributed by atoms with E-state index in [1.54, 1.807) is 0 Å². The number of urea groups is 1. The van der Waals surface area contributed by atoms with E-state index in [1.165, 1.54) is 19.3 Å². The van der Waals surface area contributed by atoms with Crippen LogP contribution in [0.15, 0.2) is 0 Å². The Morgan fingerprint density at radius 3 is 2.47 bits per heavy atom. The molecule has 1 saturated carbocycles. The third kappa shape index (κ3) is 5.05. The average molecular weight is 212 g/mol. The number of carbonyl (C=O) groups excluding carboxylic acids is 1. The van der Waals surface area contributed by atoms with Crippen molar-refractivity contribution in [1.82, 2.24) is 10.6 Å². The molecule has 3 nitrogen and oxygen atoms in total. The fraction of sp³-hybridized carbons (Fsp3) is 0.917. The summed E-state index contributed by atoms with van der Waals surface area (Å²) in [5, 5.41) is 5.86. The van der Waals surface area contributed by atoms with Gasteiger partial charge in [-0.3, -0.25) is 0 Å². The summed E-state index contributed by atoms with van der Waals surface area (Å²) in [5.41, 5.74) is -0.146. The van der Waals surface area contributed by atoms with Gasteiger partial charge in [-0.05, 0) is 45.4 Å². The summed E-state index contributed by atoms with van der Waals surface area (Å²) in [4.78, 5) is 11.5. The van der Waals surface area contributed by atoms with Crippen LogP contribution in [0.1, 0.15) is 47.0 Å². The van der Waals surface area contributed by atoms with Crippen LogP contribution in [0.25, 0.3) is 0 Å². The molecule has 1 fully saturated rings. The lowest BCUT2D eigenvalue weighted by atomic mass is 10.1. The molecule has 2 N–H and O–H groups in total. The van der Waals surface area contributed by atoms with E-state index in [0.29, 0.717) is 5.92 Å². The maximum atomic E-state index is 11.5. The van der Waals surface area contributed by atoms with Crippen molar-refractivity contribution in [3.8, 4) is 0 Å². The smallest absolute Gasteiger partial charge is 0.315 e. The summed E-state index contributed by atoms with van der Waals surface area (Å²) in [5.74, 6) is 1.52. The van der Waals surface area contributed by atoms with Crippen LogP contribution in [-0.4, -0.2) is 18.1 Å². The Labute approximate surface area is 93.0 Å². The average Bonchev–Trinajstić information content (AvgIpc) is 2.45. The number of hydrogen-bond acceptors (Lipinski definition) is 1. The normalized spacial score (nSPS) is 26.4. The van der Waals surface area contributed by atoms with Crippen molar-refractivity contribution in [3.63, 3.8) is 0 Å². The first kappa shape index (κ1) is 12.3. The van der Waals surface area contributed by atoms with Crippen LogP contribution in [0.5, 0.6) is 0 Å². The first-order chi connectivity index (χ1) is 6.87. The van der Waals surface area contributed by atoms with Crippen LogP contribution < -0.4 is 10.6 Å². The second-order valence-corrected chi connectivity index (χ2v) is 5.87. The van der Waals surface area contributed by atoms with E-state index < -0.39 is 0 Å². The Hall–Kier alpha value is -0.730. The van der Waals surface area contributed by atoms with Gasteiger partial charge in [0, 0.05) is 12.1 Å². The van der Waals surface area contributed by atoms with Crippen LogP contribution in [0, 0.1) is 11.8 Å². The minimum Gasteiger partial charge on any atom is -0.338 e. The van der Waals surface area contributed by atoms with Crippen LogP contribution in [0.2, 0.25) is 0 Å². The highest BCUT2D eigenvalue weighted by Gasteiger charge is 2.22. The summed E-state index contributed by atoms with van der Waals surface area (Å²) in [7, 11) is 0. The maximum Gasteiger partial charge on any atom is 0.315 e. The monoisotopic (exact) mass is 212 g/mol. The number of carbonyl (C=O) groups is 1. The van der Waals surface area contributed by atoms with E-state index >= 15 is 0 Å². The van der Waals surface area contributed by atoms with E-state index in [-0.39, 0.29) is 11.6 Å². The molecule has 88 valence electrons. The van der Waals surface area contributed by atoms with Gasteiger partial charge in [-0.1, -0.05) is 13.3 Å². The SMILES string of the molecule is CC1CCC(CNC(=O)NC(C)(C)C)C1. The van der Waals surface area contributed by atoms with Gasteiger partial charge in [0.25, 0.3) is 0 Å². The maximum absolute atomic E-state index is 11.5. The van der Waals surface area contributed by atoms with Gasteiger partial charge in [0.1, 0.15) is 0 Å². The Morgan fingerprint density at radius 2 is 2.00 bits per heavy atom. The molecule has 0 radical (unpaired) electrons. The predicted molar refractivity (Wildman–Crippen MR) is 62.8 cm³/mol. The second kappa shape index (κ2) is 4.86. The number of nitrogens with one attached hydrogen (secondary N) is 2. The summed E-state index contributed by atoms with van der Waals surface area (Å²) in [6, 6.07) is -0.0398. The van der Waals surface area contributed by atoms with Crippen LogP contribution in [-0.2, 0) is 0 Å². The molecule has 0 aromatic heterocycles. The van der Waals surface area contributed by atoms with E-state index in [0.717, 1.165) is 12.5 Å². The van der Waals surface area contributed by atoms with Crippen molar-refractivity contribution in [2.45, 2.75) is 52.5 Å². The minimum atomic E-state index is -0.146. The first-order valence-corrected chi connectivity index (χ1v) is 5.93. The molecule has 0 bridgehead atoms. The quantitative estimate of drug-likeness (QED) is 0.725. The Bertz CT molecular complexity index is 220. The molecule has 15 heavy (non-hydrogen) atoms. The molecular weight excluding hydrogens is 188 g/mol. The van der Waals surface area contributed by atoms with Crippen molar-refractivity contribution >= 4 is 6.03 Å². The fourth-order valence-corrected chi connectivity index (χ4v) is 2.13. The van der Waals surface area contributed by atoms with Crippen molar-refractivity contribution in [2.75, 3.05) is 6.54 Å². The van der Waals surface area contributed by atoms with Gasteiger partial charge in [-0.15, -0.1) is 0 Å². The summed E-state index contributed by atoms with van der Waals surface area (Å²) in [6.45, 7) is 9.08. The first-order valence-electron chi connectivity index (χ1n) is 5.93. The molecule has 0 spiro atoms. The van der Waals surface area contributed by atoms with Gasteiger partial charge in [0.15, 0.2) is 0 Å². The molecule has 2 unspecified atom stereocenters. The van der Waals surface area contributed by atoms with Crippen molar-refractivity contribution in [1.29, 1.82) is 0 Å². The lowest BCUT2D eigenvalue weighted by Crippen LogP contribution is -2.47. The van der Waals surface area contributed by atoms with Gasteiger partial charge >= 0.3 is 6.03 Å². The standard InChI is InChI=1S/C12H24N2O/c1-9-5-6-10(7-9)8-13-11(15)14-12(2,3)4/h9-10H,5-8H2,1-4H3,(H2,13,14,15). The van der Waals surface area contributed by atoms with Crippen molar-refractivity contribution < 1.29 is 4.79 Å². The molecule has 1 aliphatic carbocycles. The molecule has 1 aliphatic rings. The molecule has 2 atom stereocenters. The zero-order valence-electron chi connectivity index (χ0n) is 10.4. The molecule has 0 heterocycles. The molecule has 0 aliphatic heterocycles. The lowest BCUT2D eigenvalue weighted by Gasteiger charge is -2.21. The third-order valence-electron chi connectivity index (χ3n) is 2.84. The van der Waals surface area contributed by atoms with E-state index in [9.17, 15) is 4.79 Å². The predicted octanol–water partition coefficient (Wildman–Crippen LogP) is 2.52. The second-order valence-electron chi connectivity index (χ2n) is 5.87. The van der Waals surface area contributed by atoms with Gasteiger partial charge in [-0.25, -0.2) is 4.79 Å². The summed E-state index contributed by atoms with van der Waals surface area (Å²) in [6.07, 6.45) is 3.83. The fourth-order valence-electron chi connectivity index (χ4n) is 2.13. The molecular formula is C12H24N2O. The van der Waals surface area contributed by atoms with E-state index in [2.05, 4.69) is 17.6 Å². The van der Waals surface area contributed by atoms with Gasteiger partial charge in [0.05, 0.1) is 0 Å². The Kier molecular flexibility index (Phi) is 4.00. The highest BCUT2D eigenvalue weighted by atomic mass is 16.2. The minimum absolute atomic E-state index is 0.0398. The Morgan fingerprint density at radius 1 is 1.33 bits per heavy atom. The molecule has 0 saturated heterocycles. The lowest BCUT2D eigenvalue weighted by molar-refractivity contribution is 0.230. The highest BCUT2D eigenvalue weighted by Crippen LogP contribution is 2.29. The van der Waals surface area contributed by atoms with Crippen LogP contribution in [0.3, 0.4) is 0 Å². The number of rotatable bonds is 2. The summed E-state index contributed by atoms with van der Waals surface area (Å²) >= 11 is 0. The molecule has 0 aromatic rings. The highest BCUT2D eigenvalue weighted by molar-refractivity contribution is 5.74. The number of hydrogen-bond donors (Lipinski definition) is 2. The number of amides is 2. The topological polar surface area (TPSA) is 41.1 Å². The molecule has 3 heteroatoms. The zero-order chi connectivity index (χ0) is 11.5. The molecule has 1 rings (SSSR count). The third-order valence-corrected chi connectivity index (χ3v) is 2.84. The zero-order valence-corrected chi connectivity index (χ0v) is 10.4. The van der Waals surface area contributed by atoms with Crippen LogP contribution >= 0.6 is 0 Å². The molecule has 0 aromatic carbocycles. The van der Waals surface area contributed by atoms with Crippen LogP contribution in [0.4, 0.5) is 4.79 Å². The van der Waals surface area contributed by atoms with Crippen molar-refractivity contribution in [3.05, 3.63) is 0 Å². The van der Waals surface area contributed by atoms with Crippen molar-refractivity contribution in [2.24, 2.45) is 11.8 Å². The Balaban J connectivity index is 2.17. The van der Waals surface area contributed by atoms with Gasteiger partial charge < -0.3 is 10.6 Å². The van der Waals surface area contributed by atoms with E-state index in [4.69, 9.17) is 0 Å².